The van der Waals surface area contributed by atoms with Crippen LogP contribution in [0.4, 0.5) is 0 Å². The van der Waals surface area contributed by atoms with Gasteiger partial charge in [-0.2, -0.15) is 4.31 Å². The lowest BCUT2D eigenvalue weighted by Crippen LogP contribution is -2.35. The van der Waals surface area contributed by atoms with Crippen molar-refractivity contribution >= 4 is 27.3 Å². The van der Waals surface area contributed by atoms with Gasteiger partial charge in [-0.25, -0.2) is 8.42 Å². The third-order valence-electron chi connectivity index (χ3n) is 2.23. The van der Waals surface area contributed by atoms with Gasteiger partial charge in [0.05, 0.1) is 6.42 Å². The van der Waals surface area contributed by atoms with Crippen molar-refractivity contribution in [2.75, 3.05) is 13.1 Å². The van der Waals surface area contributed by atoms with Crippen LogP contribution in [0, 0.1) is 5.92 Å². The summed E-state index contributed by atoms with van der Waals surface area (Å²) in [6.45, 7) is 4.14. The van der Waals surface area contributed by atoms with Crippen LogP contribution in [-0.2, 0) is 14.8 Å². The fraction of sp³-hybridized carbons (Fsp3) is 0.545. The number of carboxylic acid groups (broad SMARTS) is 1. The van der Waals surface area contributed by atoms with Gasteiger partial charge in [0.25, 0.3) is 10.0 Å². The van der Waals surface area contributed by atoms with Crippen LogP contribution in [-0.4, -0.2) is 36.9 Å². The summed E-state index contributed by atoms with van der Waals surface area (Å²) in [4.78, 5) is 10.6. The van der Waals surface area contributed by atoms with Crippen LogP contribution in [0.5, 0.6) is 0 Å². The predicted molar refractivity (Wildman–Crippen MR) is 70.2 cm³/mol. The van der Waals surface area contributed by atoms with E-state index < -0.39 is 16.0 Å². The highest BCUT2D eigenvalue weighted by Crippen LogP contribution is 2.22. The largest absolute Gasteiger partial charge is 0.481 e. The lowest BCUT2D eigenvalue weighted by atomic mass is 10.2. The van der Waals surface area contributed by atoms with E-state index in [1.54, 1.807) is 11.4 Å². The molecule has 102 valence electrons. The van der Waals surface area contributed by atoms with Gasteiger partial charge in [0.15, 0.2) is 0 Å². The van der Waals surface area contributed by atoms with Crippen LogP contribution in [0.15, 0.2) is 21.7 Å². The molecule has 0 fully saturated rings. The number of hydrogen-bond donors (Lipinski definition) is 1. The zero-order valence-electron chi connectivity index (χ0n) is 10.4. The van der Waals surface area contributed by atoms with Gasteiger partial charge in [-0.15, -0.1) is 11.3 Å². The number of aliphatic carboxylic acids is 1. The quantitative estimate of drug-likeness (QED) is 0.832. The maximum atomic E-state index is 12.3. The van der Waals surface area contributed by atoms with E-state index >= 15 is 0 Å². The average Bonchev–Trinajstić information content (AvgIpc) is 2.76. The second-order valence-electron chi connectivity index (χ2n) is 4.33. The summed E-state index contributed by atoms with van der Waals surface area (Å²) in [7, 11) is -3.56. The number of nitrogens with zero attached hydrogens (tertiary/aromatic N) is 1. The Morgan fingerprint density at radius 3 is 2.61 bits per heavy atom. The molecule has 5 nitrogen and oxygen atoms in total. The third kappa shape index (κ3) is 4.08. The first-order valence-corrected chi connectivity index (χ1v) is 7.91. The highest BCUT2D eigenvalue weighted by Gasteiger charge is 2.26. The predicted octanol–water partition coefficient (Wildman–Crippen LogP) is 1.87. The standard InChI is InChI=1S/C11H17NO4S2/c1-9(2)8-12(6-5-10(13)14)18(15,16)11-4-3-7-17-11/h3-4,7,9H,5-6,8H2,1-2H3,(H,13,14). The lowest BCUT2D eigenvalue weighted by molar-refractivity contribution is -0.137. The zero-order chi connectivity index (χ0) is 13.8. The van der Waals surface area contributed by atoms with Gasteiger partial charge in [0.2, 0.25) is 0 Å². The van der Waals surface area contributed by atoms with Gasteiger partial charge >= 0.3 is 5.97 Å². The second kappa shape index (κ2) is 6.31. The molecule has 1 aromatic heterocycles. The van der Waals surface area contributed by atoms with Crippen molar-refractivity contribution in [1.29, 1.82) is 0 Å². The van der Waals surface area contributed by atoms with E-state index in [1.807, 2.05) is 13.8 Å². The van der Waals surface area contributed by atoms with Gasteiger partial charge in [-0.1, -0.05) is 19.9 Å². The fourth-order valence-electron chi connectivity index (χ4n) is 1.47. The highest BCUT2D eigenvalue weighted by atomic mass is 32.2. The van der Waals surface area contributed by atoms with E-state index in [2.05, 4.69) is 0 Å². The Morgan fingerprint density at radius 1 is 1.50 bits per heavy atom. The molecule has 1 N–H and O–H groups in total. The molecule has 0 radical (unpaired) electrons. The van der Waals surface area contributed by atoms with E-state index in [9.17, 15) is 13.2 Å². The summed E-state index contributed by atoms with van der Waals surface area (Å²) in [5.74, 6) is -0.848. The number of carbonyl (C=O) groups is 1. The fourth-order valence-corrected chi connectivity index (χ4v) is 4.22. The third-order valence-corrected chi connectivity index (χ3v) is 5.47. The minimum Gasteiger partial charge on any atom is -0.481 e. The monoisotopic (exact) mass is 291 g/mol. The van der Waals surface area contributed by atoms with Crippen molar-refractivity contribution in [3.8, 4) is 0 Å². The first-order valence-electron chi connectivity index (χ1n) is 5.59. The first-order chi connectivity index (χ1) is 8.34. The molecule has 1 rings (SSSR count). The Bertz CT molecular complexity index is 479. The SMILES string of the molecule is CC(C)CN(CCC(=O)O)S(=O)(=O)c1cccs1. The van der Waals surface area contributed by atoms with Crippen LogP contribution in [0.1, 0.15) is 20.3 Å². The summed E-state index contributed by atoms with van der Waals surface area (Å²) in [6, 6.07) is 3.20. The van der Waals surface area contributed by atoms with Crippen LogP contribution < -0.4 is 0 Å². The molecule has 0 spiro atoms. The highest BCUT2D eigenvalue weighted by molar-refractivity contribution is 7.91. The Morgan fingerprint density at radius 2 is 2.17 bits per heavy atom. The number of rotatable bonds is 7. The first kappa shape index (κ1) is 15.1. The molecule has 0 atom stereocenters. The van der Waals surface area contributed by atoms with Gasteiger partial charge in [0, 0.05) is 13.1 Å². The molecule has 0 aliphatic carbocycles. The van der Waals surface area contributed by atoms with E-state index in [0.717, 1.165) is 11.3 Å². The summed E-state index contributed by atoms with van der Waals surface area (Å²) in [6.07, 6.45) is -0.183. The van der Waals surface area contributed by atoms with Gasteiger partial charge in [-0.05, 0) is 17.4 Å². The molecular weight excluding hydrogens is 274 g/mol. The lowest BCUT2D eigenvalue weighted by Gasteiger charge is -2.22. The molecule has 0 bridgehead atoms. The maximum Gasteiger partial charge on any atom is 0.304 e. The number of thiophene rings is 1. The minimum atomic E-state index is -3.56. The molecule has 1 aromatic rings. The molecule has 18 heavy (non-hydrogen) atoms. The molecule has 1 heterocycles. The van der Waals surface area contributed by atoms with Gasteiger partial charge < -0.3 is 5.11 Å². The molecule has 0 amide bonds. The number of hydrogen-bond acceptors (Lipinski definition) is 4. The second-order valence-corrected chi connectivity index (χ2v) is 7.45. The molecule has 0 saturated carbocycles. The Kier molecular flexibility index (Phi) is 5.30. The van der Waals surface area contributed by atoms with Crippen LogP contribution in [0.2, 0.25) is 0 Å². The topological polar surface area (TPSA) is 74.7 Å². The summed E-state index contributed by atoms with van der Waals surface area (Å²) >= 11 is 1.14. The molecule has 0 aromatic carbocycles. The summed E-state index contributed by atoms with van der Waals surface area (Å²) in [5, 5.41) is 10.4. The van der Waals surface area contributed by atoms with Crippen LogP contribution in [0.3, 0.4) is 0 Å². The van der Waals surface area contributed by atoms with Gasteiger partial charge in [-0.3, -0.25) is 4.79 Å². The Labute approximate surface area is 111 Å². The van der Waals surface area contributed by atoms with E-state index in [0.29, 0.717) is 6.54 Å². The normalized spacial score (nSPS) is 12.2. The van der Waals surface area contributed by atoms with Crippen molar-refractivity contribution in [3.63, 3.8) is 0 Å². The Balaban J connectivity index is 2.91. The Hall–Kier alpha value is -0.920. The van der Waals surface area contributed by atoms with E-state index in [1.165, 1.54) is 10.4 Å². The molecule has 7 heteroatoms. The zero-order valence-corrected chi connectivity index (χ0v) is 12.0. The summed E-state index contributed by atoms with van der Waals surface area (Å²) in [5.41, 5.74) is 0. The van der Waals surface area contributed by atoms with Crippen molar-refractivity contribution in [3.05, 3.63) is 17.5 Å². The van der Waals surface area contributed by atoms with E-state index in [-0.39, 0.29) is 23.1 Å². The molecule has 0 aliphatic heterocycles. The smallest absolute Gasteiger partial charge is 0.304 e. The van der Waals surface area contributed by atoms with Crippen molar-refractivity contribution in [2.24, 2.45) is 5.92 Å². The van der Waals surface area contributed by atoms with Crippen molar-refractivity contribution in [1.82, 2.24) is 4.31 Å². The van der Waals surface area contributed by atoms with E-state index in [4.69, 9.17) is 5.11 Å². The minimum absolute atomic E-state index is 0.00769. The molecular formula is C11H17NO4S2. The number of sulfonamides is 1. The van der Waals surface area contributed by atoms with Crippen LogP contribution >= 0.6 is 11.3 Å². The van der Waals surface area contributed by atoms with Gasteiger partial charge in [0.1, 0.15) is 4.21 Å². The van der Waals surface area contributed by atoms with Crippen molar-refractivity contribution in [2.45, 2.75) is 24.5 Å². The van der Waals surface area contributed by atoms with Crippen LogP contribution in [0.25, 0.3) is 0 Å². The molecule has 0 unspecified atom stereocenters. The summed E-state index contributed by atoms with van der Waals surface area (Å²) < 4.78 is 26.1. The number of carboxylic acids is 1. The maximum absolute atomic E-state index is 12.3. The molecule has 0 saturated heterocycles. The average molecular weight is 291 g/mol. The van der Waals surface area contributed by atoms with Crippen molar-refractivity contribution < 1.29 is 18.3 Å². The molecule has 0 aliphatic rings.